The lowest BCUT2D eigenvalue weighted by atomic mass is 10.3. The van der Waals surface area contributed by atoms with Gasteiger partial charge in [0.25, 0.3) is 0 Å². The van der Waals surface area contributed by atoms with Crippen molar-refractivity contribution in [3.63, 3.8) is 0 Å². The van der Waals surface area contributed by atoms with E-state index in [-0.39, 0.29) is 5.75 Å². The molecule has 4 heteroatoms. The minimum atomic E-state index is -0.985. The van der Waals surface area contributed by atoms with Gasteiger partial charge in [-0.1, -0.05) is 6.07 Å². The van der Waals surface area contributed by atoms with E-state index in [1.54, 1.807) is 24.5 Å². The van der Waals surface area contributed by atoms with Crippen molar-refractivity contribution in [3.05, 3.63) is 54.4 Å². The van der Waals surface area contributed by atoms with Crippen LogP contribution in [0.5, 0.6) is 5.75 Å². The van der Waals surface area contributed by atoms with Gasteiger partial charge in [-0.3, -0.25) is 0 Å². The fourth-order valence-corrected chi connectivity index (χ4v) is 1.05. The smallest absolute Gasteiger partial charge is 0.203 e. The largest absolute Gasteiger partial charge is 0.373 e. The summed E-state index contributed by atoms with van der Waals surface area (Å²) >= 11 is 0. The molecule has 2 aromatic rings. The highest BCUT2D eigenvalue weighted by Gasteiger charge is 2.08. The highest BCUT2D eigenvalue weighted by Crippen LogP contribution is 2.19. The Morgan fingerprint density at radius 3 is 2.43 bits per heavy atom. The molecular formula is C10H7F2NO. The first-order valence-electron chi connectivity index (χ1n) is 4.03. The number of hydrogen-bond acceptors (Lipinski definition) is 1. The summed E-state index contributed by atoms with van der Waals surface area (Å²) in [6.07, 6.45) is 3.18. The molecule has 2 rings (SSSR count). The Kier molecular flexibility index (Phi) is 2.18. The highest BCUT2D eigenvalue weighted by atomic mass is 19.2. The molecule has 0 bridgehead atoms. The third-order valence-corrected chi connectivity index (χ3v) is 1.70. The lowest BCUT2D eigenvalue weighted by Gasteiger charge is -2.06. The van der Waals surface area contributed by atoms with Gasteiger partial charge in [0.05, 0.1) is 0 Å². The molecule has 0 aliphatic rings. The molecule has 2 nitrogen and oxygen atoms in total. The van der Waals surface area contributed by atoms with Gasteiger partial charge in [0.2, 0.25) is 5.82 Å². The van der Waals surface area contributed by atoms with Crippen molar-refractivity contribution >= 4 is 0 Å². The number of benzene rings is 1. The molecule has 0 atom stereocenters. The highest BCUT2D eigenvalue weighted by molar-refractivity contribution is 5.25. The summed E-state index contributed by atoms with van der Waals surface area (Å²) in [6, 6.07) is 7.22. The first kappa shape index (κ1) is 8.74. The summed E-state index contributed by atoms with van der Waals surface area (Å²) in [6.45, 7) is 0. The van der Waals surface area contributed by atoms with Gasteiger partial charge in [-0.2, -0.15) is 9.12 Å². The molecule has 1 aromatic heterocycles. The van der Waals surface area contributed by atoms with Gasteiger partial charge < -0.3 is 4.84 Å². The van der Waals surface area contributed by atoms with E-state index in [1.165, 1.54) is 16.9 Å². The van der Waals surface area contributed by atoms with Crippen LogP contribution in [0.4, 0.5) is 8.78 Å². The Balaban J connectivity index is 2.29. The first-order valence-corrected chi connectivity index (χ1v) is 4.03. The molecule has 0 saturated heterocycles. The van der Waals surface area contributed by atoms with Gasteiger partial charge in [-0.25, -0.2) is 4.39 Å². The van der Waals surface area contributed by atoms with Crippen molar-refractivity contribution in [3.8, 4) is 5.75 Å². The van der Waals surface area contributed by atoms with Crippen LogP contribution in [-0.2, 0) is 0 Å². The second kappa shape index (κ2) is 3.49. The molecular weight excluding hydrogens is 188 g/mol. The van der Waals surface area contributed by atoms with Crippen LogP contribution in [0.2, 0.25) is 0 Å². The van der Waals surface area contributed by atoms with Crippen LogP contribution in [0.25, 0.3) is 0 Å². The maximum absolute atomic E-state index is 13.1. The predicted octanol–water partition coefficient (Wildman–Crippen LogP) is 2.61. The van der Waals surface area contributed by atoms with Gasteiger partial charge in [0.1, 0.15) is 0 Å². The molecule has 1 heterocycles. The molecule has 0 aliphatic carbocycles. The SMILES string of the molecule is Fc1cccc(On2cccc2)c1F. The fourth-order valence-electron chi connectivity index (χ4n) is 1.05. The van der Waals surface area contributed by atoms with E-state index in [4.69, 9.17) is 4.84 Å². The van der Waals surface area contributed by atoms with Gasteiger partial charge in [-0.15, -0.1) is 0 Å². The van der Waals surface area contributed by atoms with E-state index in [0.717, 1.165) is 6.07 Å². The summed E-state index contributed by atoms with van der Waals surface area (Å²) in [7, 11) is 0. The van der Waals surface area contributed by atoms with Crippen molar-refractivity contribution in [1.82, 2.24) is 4.73 Å². The molecule has 0 radical (unpaired) electrons. The van der Waals surface area contributed by atoms with Crippen molar-refractivity contribution < 1.29 is 13.6 Å². The predicted molar refractivity (Wildman–Crippen MR) is 46.8 cm³/mol. The van der Waals surface area contributed by atoms with Crippen molar-refractivity contribution in [2.24, 2.45) is 0 Å². The maximum atomic E-state index is 13.1. The average molecular weight is 195 g/mol. The van der Waals surface area contributed by atoms with Crippen LogP contribution in [-0.4, -0.2) is 4.73 Å². The Morgan fingerprint density at radius 1 is 1.00 bits per heavy atom. The van der Waals surface area contributed by atoms with Crippen molar-refractivity contribution in [1.29, 1.82) is 0 Å². The molecule has 72 valence electrons. The average Bonchev–Trinajstić information content (AvgIpc) is 2.66. The number of aromatic nitrogens is 1. The van der Waals surface area contributed by atoms with E-state index in [2.05, 4.69) is 0 Å². The second-order valence-corrected chi connectivity index (χ2v) is 2.69. The minimum Gasteiger partial charge on any atom is -0.373 e. The summed E-state index contributed by atoms with van der Waals surface area (Å²) in [5, 5.41) is 0. The molecule has 0 saturated carbocycles. The van der Waals surface area contributed by atoms with E-state index >= 15 is 0 Å². The molecule has 0 amide bonds. The zero-order valence-corrected chi connectivity index (χ0v) is 7.15. The Bertz CT molecular complexity index is 426. The second-order valence-electron chi connectivity index (χ2n) is 2.69. The van der Waals surface area contributed by atoms with Crippen molar-refractivity contribution in [2.45, 2.75) is 0 Å². The summed E-state index contributed by atoms with van der Waals surface area (Å²) in [5.41, 5.74) is 0. The Labute approximate surface area is 79.3 Å². The molecule has 0 unspecified atom stereocenters. The summed E-state index contributed by atoms with van der Waals surface area (Å²) < 4.78 is 27.1. The monoisotopic (exact) mass is 195 g/mol. The lowest BCUT2D eigenvalue weighted by molar-refractivity contribution is 0.203. The van der Waals surface area contributed by atoms with E-state index in [1.807, 2.05) is 0 Å². The zero-order chi connectivity index (χ0) is 9.97. The molecule has 0 spiro atoms. The first-order chi connectivity index (χ1) is 6.77. The number of nitrogens with zero attached hydrogens (tertiary/aromatic N) is 1. The quantitative estimate of drug-likeness (QED) is 0.718. The summed E-state index contributed by atoms with van der Waals surface area (Å²) in [4.78, 5) is 5.03. The molecule has 1 aromatic carbocycles. The fraction of sp³-hybridized carbons (Fsp3) is 0. The van der Waals surface area contributed by atoms with Crippen LogP contribution in [0, 0.1) is 11.6 Å². The van der Waals surface area contributed by atoms with E-state index in [0.29, 0.717) is 0 Å². The molecule has 0 aliphatic heterocycles. The third-order valence-electron chi connectivity index (χ3n) is 1.70. The van der Waals surface area contributed by atoms with Crippen LogP contribution < -0.4 is 4.84 Å². The standard InChI is InChI=1S/C10H7F2NO/c11-8-4-3-5-9(10(8)12)14-13-6-1-2-7-13/h1-7H. The molecule has 0 fully saturated rings. The normalized spacial score (nSPS) is 10.1. The number of rotatable bonds is 2. The van der Waals surface area contributed by atoms with Crippen LogP contribution in [0.3, 0.4) is 0 Å². The van der Waals surface area contributed by atoms with Crippen LogP contribution >= 0.6 is 0 Å². The van der Waals surface area contributed by atoms with Gasteiger partial charge >= 0.3 is 0 Å². The minimum absolute atomic E-state index is 0.138. The maximum Gasteiger partial charge on any atom is 0.203 e. The van der Waals surface area contributed by atoms with E-state index in [9.17, 15) is 8.78 Å². The van der Waals surface area contributed by atoms with Gasteiger partial charge in [0.15, 0.2) is 11.6 Å². The third kappa shape index (κ3) is 1.59. The topological polar surface area (TPSA) is 14.2 Å². The van der Waals surface area contributed by atoms with Crippen LogP contribution in [0.1, 0.15) is 0 Å². The Hall–Kier alpha value is -1.84. The lowest BCUT2D eigenvalue weighted by Crippen LogP contribution is -2.03. The van der Waals surface area contributed by atoms with Crippen LogP contribution in [0.15, 0.2) is 42.7 Å². The number of halogens is 2. The van der Waals surface area contributed by atoms with Gasteiger partial charge in [-0.05, 0) is 24.3 Å². The van der Waals surface area contributed by atoms with E-state index < -0.39 is 11.6 Å². The summed E-state index contributed by atoms with van der Waals surface area (Å²) in [5.74, 6) is -2.04. The molecule has 14 heavy (non-hydrogen) atoms. The van der Waals surface area contributed by atoms with Gasteiger partial charge in [0, 0.05) is 12.4 Å². The number of hydrogen-bond donors (Lipinski definition) is 0. The Morgan fingerprint density at radius 2 is 1.71 bits per heavy atom. The van der Waals surface area contributed by atoms with Crippen molar-refractivity contribution in [2.75, 3.05) is 0 Å². The zero-order valence-electron chi connectivity index (χ0n) is 7.15. The molecule has 0 N–H and O–H groups in total.